The lowest BCUT2D eigenvalue weighted by Crippen LogP contribution is -2.26. The van der Waals surface area contributed by atoms with E-state index in [2.05, 4.69) is 0 Å². The van der Waals surface area contributed by atoms with E-state index < -0.39 is 11.4 Å². The van der Waals surface area contributed by atoms with Crippen LogP contribution >= 0.6 is 0 Å². The summed E-state index contributed by atoms with van der Waals surface area (Å²) in [6.07, 6.45) is 3.30. The quantitative estimate of drug-likeness (QED) is 0.907. The number of ether oxygens (including phenoxy) is 1. The minimum atomic E-state index is -1.36. The highest BCUT2D eigenvalue weighted by molar-refractivity contribution is 5.39. The molecule has 0 amide bonds. The molecule has 18 heavy (non-hydrogen) atoms. The summed E-state index contributed by atoms with van der Waals surface area (Å²) in [5, 5.41) is 10.5. The number of aliphatic hydroxyl groups is 1. The number of rotatable bonds is 4. The third-order valence-electron chi connectivity index (χ3n) is 2.86. The van der Waals surface area contributed by atoms with Gasteiger partial charge in [-0.25, -0.2) is 4.39 Å². The Morgan fingerprint density at radius 2 is 2.17 bits per heavy atom. The molecule has 0 fully saturated rings. The number of furan rings is 1. The van der Waals surface area contributed by atoms with Gasteiger partial charge in [0.1, 0.15) is 11.6 Å². The topological polar surface area (TPSA) is 42.6 Å². The summed E-state index contributed by atoms with van der Waals surface area (Å²) in [6.45, 7) is 1.56. The Kier molecular flexibility index (Phi) is 3.39. The van der Waals surface area contributed by atoms with Gasteiger partial charge in [-0.05, 0) is 30.7 Å². The van der Waals surface area contributed by atoms with Crippen LogP contribution in [0.2, 0.25) is 0 Å². The normalized spacial score (nSPS) is 14.2. The van der Waals surface area contributed by atoms with Crippen molar-refractivity contribution in [3.8, 4) is 5.75 Å². The smallest absolute Gasteiger partial charge is 0.133 e. The molecule has 0 radical (unpaired) electrons. The molecule has 3 nitrogen and oxygen atoms in total. The molecule has 96 valence electrons. The first-order valence-electron chi connectivity index (χ1n) is 5.61. The predicted molar refractivity (Wildman–Crippen MR) is 64.9 cm³/mol. The minimum absolute atomic E-state index is 0.161. The van der Waals surface area contributed by atoms with Crippen LogP contribution in [0.3, 0.4) is 0 Å². The Balaban J connectivity index is 2.40. The highest BCUT2D eigenvalue weighted by Gasteiger charge is 2.30. The van der Waals surface area contributed by atoms with Crippen molar-refractivity contribution < 1.29 is 18.7 Å². The summed E-state index contributed by atoms with van der Waals surface area (Å²) in [5.41, 5.74) is -0.403. The van der Waals surface area contributed by atoms with Crippen LogP contribution in [0.4, 0.5) is 4.39 Å². The van der Waals surface area contributed by atoms with E-state index in [1.807, 2.05) is 0 Å². The molecule has 1 unspecified atom stereocenters. The predicted octanol–water partition coefficient (Wildman–Crippen LogP) is 2.88. The largest absolute Gasteiger partial charge is 0.496 e. The second kappa shape index (κ2) is 4.82. The van der Waals surface area contributed by atoms with Crippen LogP contribution in [-0.2, 0) is 12.0 Å². The maximum atomic E-state index is 13.9. The van der Waals surface area contributed by atoms with Crippen molar-refractivity contribution in [2.24, 2.45) is 0 Å². The molecule has 0 bridgehead atoms. The van der Waals surface area contributed by atoms with Crippen LogP contribution in [0.15, 0.2) is 41.2 Å². The van der Waals surface area contributed by atoms with Gasteiger partial charge in [-0.15, -0.1) is 0 Å². The molecule has 2 aromatic rings. The third-order valence-corrected chi connectivity index (χ3v) is 2.86. The van der Waals surface area contributed by atoms with Crippen LogP contribution < -0.4 is 4.74 Å². The van der Waals surface area contributed by atoms with Gasteiger partial charge in [0.2, 0.25) is 0 Å². The van der Waals surface area contributed by atoms with Crippen LogP contribution in [-0.4, -0.2) is 12.2 Å². The molecule has 1 N–H and O–H groups in total. The van der Waals surface area contributed by atoms with Crippen LogP contribution in [0.5, 0.6) is 5.75 Å². The van der Waals surface area contributed by atoms with E-state index in [9.17, 15) is 9.50 Å². The average molecular weight is 250 g/mol. The van der Waals surface area contributed by atoms with E-state index in [1.165, 1.54) is 25.7 Å². The second-order valence-corrected chi connectivity index (χ2v) is 4.40. The summed E-state index contributed by atoms with van der Waals surface area (Å²) >= 11 is 0. The summed E-state index contributed by atoms with van der Waals surface area (Å²) in [4.78, 5) is 0. The minimum Gasteiger partial charge on any atom is -0.496 e. The summed E-state index contributed by atoms with van der Waals surface area (Å²) in [7, 11) is 1.45. The molecule has 4 heteroatoms. The standard InChI is InChI=1S/C14H15FO3/c1-14(16,8-10-6-7-18-9-10)13-11(15)4-3-5-12(13)17-2/h3-7,9,16H,8H2,1-2H3. The van der Waals surface area contributed by atoms with Gasteiger partial charge in [0, 0.05) is 6.42 Å². The van der Waals surface area contributed by atoms with Gasteiger partial charge in [0.15, 0.2) is 0 Å². The van der Waals surface area contributed by atoms with Gasteiger partial charge in [-0.3, -0.25) is 0 Å². The number of benzene rings is 1. The Hall–Kier alpha value is -1.81. The van der Waals surface area contributed by atoms with Crippen LogP contribution in [0.25, 0.3) is 0 Å². The molecular formula is C14H15FO3. The van der Waals surface area contributed by atoms with E-state index >= 15 is 0 Å². The molecule has 1 aromatic carbocycles. The lowest BCUT2D eigenvalue weighted by molar-refractivity contribution is 0.0508. The zero-order valence-corrected chi connectivity index (χ0v) is 10.3. The molecule has 0 aliphatic carbocycles. The van der Waals surface area contributed by atoms with Crippen molar-refractivity contribution in [3.63, 3.8) is 0 Å². The zero-order chi connectivity index (χ0) is 13.2. The Morgan fingerprint density at radius 1 is 1.39 bits per heavy atom. The SMILES string of the molecule is COc1cccc(F)c1C(C)(O)Cc1ccoc1. The van der Waals surface area contributed by atoms with Gasteiger partial charge in [0.05, 0.1) is 30.8 Å². The van der Waals surface area contributed by atoms with E-state index in [0.717, 1.165) is 5.56 Å². The molecule has 0 saturated heterocycles. The first kappa shape index (κ1) is 12.6. The molecule has 1 aromatic heterocycles. The van der Waals surface area contributed by atoms with Crippen molar-refractivity contribution >= 4 is 0 Å². The van der Waals surface area contributed by atoms with Gasteiger partial charge < -0.3 is 14.3 Å². The molecule has 2 rings (SSSR count). The van der Waals surface area contributed by atoms with Gasteiger partial charge >= 0.3 is 0 Å². The Labute approximate surface area is 105 Å². The van der Waals surface area contributed by atoms with Crippen molar-refractivity contribution in [3.05, 3.63) is 53.7 Å². The summed E-state index contributed by atoms with van der Waals surface area (Å²) in [5.74, 6) is -0.147. The highest BCUT2D eigenvalue weighted by Crippen LogP contribution is 2.34. The Morgan fingerprint density at radius 3 is 2.78 bits per heavy atom. The second-order valence-electron chi connectivity index (χ2n) is 4.40. The van der Waals surface area contributed by atoms with Gasteiger partial charge in [-0.1, -0.05) is 6.07 Å². The fraction of sp³-hybridized carbons (Fsp3) is 0.286. The molecular weight excluding hydrogens is 235 g/mol. The van der Waals surface area contributed by atoms with Crippen molar-refractivity contribution in [1.29, 1.82) is 0 Å². The van der Waals surface area contributed by atoms with Gasteiger partial charge in [-0.2, -0.15) is 0 Å². The highest BCUT2D eigenvalue weighted by atomic mass is 19.1. The van der Waals surface area contributed by atoms with Crippen LogP contribution in [0, 0.1) is 5.82 Å². The molecule has 0 aliphatic rings. The molecule has 1 heterocycles. The first-order chi connectivity index (χ1) is 8.54. The lowest BCUT2D eigenvalue weighted by Gasteiger charge is -2.25. The van der Waals surface area contributed by atoms with E-state index in [0.29, 0.717) is 5.75 Å². The Bertz CT molecular complexity index is 518. The van der Waals surface area contributed by atoms with Crippen molar-refractivity contribution in [1.82, 2.24) is 0 Å². The molecule has 0 spiro atoms. The van der Waals surface area contributed by atoms with E-state index in [-0.39, 0.29) is 12.0 Å². The number of methoxy groups -OCH3 is 1. The monoisotopic (exact) mass is 250 g/mol. The fourth-order valence-electron chi connectivity index (χ4n) is 2.08. The van der Waals surface area contributed by atoms with Crippen LogP contribution in [0.1, 0.15) is 18.1 Å². The molecule has 1 atom stereocenters. The molecule has 0 aliphatic heterocycles. The summed E-state index contributed by atoms with van der Waals surface area (Å²) in [6, 6.07) is 6.22. The maximum absolute atomic E-state index is 13.9. The van der Waals surface area contributed by atoms with E-state index in [1.54, 1.807) is 25.1 Å². The number of hydrogen-bond acceptors (Lipinski definition) is 3. The van der Waals surface area contributed by atoms with Gasteiger partial charge in [0.25, 0.3) is 0 Å². The fourth-order valence-corrected chi connectivity index (χ4v) is 2.08. The lowest BCUT2D eigenvalue weighted by atomic mass is 9.89. The number of hydrogen-bond donors (Lipinski definition) is 1. The third kappa shape index (κ3) is 2.38. The van der Waals surface area contributed by atoms with Crippen molar-refractivity contribution in [2.75, 3.05) is 7.11 Å². The molecule has 0 saturated carbocycles. The first-order valence-corrected chi connectivity index (χ1v) is 5.61. The number of halogens is 1. The van der Waals surface area contributed by atoms with E-state index in [4.69, 9.17) is 9.15 Å². The zero-order valence-electron chi connectivity index (χ0n) is 10.3. The maximum Gasteiger partial charge on any atom is 0.133 e. The average Bonchev–Trinajstić information content (AvgIpc) is 2.80. The van der Waals surface area contributed by atoms with Crippen molar-refractivity contribution in [2.45, 2.75) is 18.9 Å². The summed E-state index contributed by atoms with van der Waals surface area (Å²) < 4.78 is 24.0.